The van der Waals surface area contributed by atoms with Crippen LogP contribution in [0.5, 0.6) is 0 Å². The van der Waals surface area contributed by atoms with Crippen LogP contribution in [0.15, 0.2) is 108 Å². The molecule has 0 aromatic heterocycles. The van der Waals surface area contributed by atoms with Crippen molar-refractivity contribution in [1.29, 1.82) is 0 Å². The van der Waals surface area contributed by atoms with E-state index in [0.29, 0.717) is 0 Å². The van der Waals surface area contributed by atoms with Crippen LogP contribution in [0.4, 0.5) is 0 Å². The van der Waals surface area contributed by atoms with Gasteiger partial charge in [-0.05, 0) is 89.2 Å². The molecular weight excluding hydrogens is 436 g/mol. The number of hydrogen-bond acceptors (Lipinski definition) is 1. The molecule has 0 heterocycles. The van der Waals surface area contributed by atoms with Gasteiger partial charge in [0.15, 0.2) is 5.78 Å². The summed E-state index contributed by atoms with van der Waals surface area (Å²) in [7, 11) is 0. The Hall–Kier alpha value is -4.49. The molecule has 1 nitrogen and oxygen atoms in total. The van der Waals surface area contributed by atoms with Gasteiger partial charge < -0.3 is 0 Å². The Bertz CT molecular complexity index is 2130. The summed E-state index contributed by atoms with van der Waals surface area (Å²) in [4.78, 5) is 14.1. The lowest BCUT2D eigenvalue weighted by molar-refractivity contribution is 0.103. The first-order valence-electron chi connectivity index (χ1n) is 12.7. The van der Waals surface area contributed by atoms with Crippen molar-refractivity contribution in [2.45, 2.75) is 12.3 Å². The van der Waals surface area contributed by atoms with Gasteiger partial charge >= 0.3 is 0 Å². The minimum Gasteiger partial charge on any atom is -0.289 e. The van der Waals surface area contributed by atoms with Crippen molar-refractivity contribution in [3.8, 4) is 0 Å². The maximum absolute atomic E-state index is 14.1. The molecule has 5 aromatic rings. The van der Waals surface area contributed by atoms with Crippen LogP contribution in [0.1, 0.15) is 33.8 Å². The van der Waals surface area contributed by atoms with E-state index >= 15 is 0 Å². The van der Waals surface area contributed by atoms with Gasteiger partial charge in [0.2, 0.25) is 0 Å². The number of fused-ring (bicyclic) bond motifs is 1. The predicted molar refractivity (Wildman–Crippen MR) is 148 cm³/mol. The average molecular weight is 457 g/mol. The van der Waals surface area contributed by atoms with Gasteiger partial charge in [-0.25, -0.2) is 0 Å². The van der Waals surface area contributed by atoms with Crippen LogP contribution in [0, 0.1) is 0 Å². The van der Waals surface area contributed by atoms with Crippen LogP contribution in [0.3, 0.4) is 0 Å². The molecule has 0 aliphatic heterocycles. The Morgan fingerprint density at radius 1 is 0.750 bits per heavy atom. The third-order valence-corrected chi connectivity index (χ3v) is 8.65. The quantitative estimate of drug-likeness (QED) is 0.213. The first kappa shape index (κ1) is 18.8. The highest BCUT2D eigenvalue weighted by molar-refractivity contribution is 6.21. The highest BCUT2D eigenvalue weighted by Crippen LogP contribution is 2.53. The molecule has 0 saturated carbocycles. The SMILES string of the molecule is O=C(C1=Cc2ccc3ccc4ccc5c6c4c3c2C2C1=CC=C(CC=5)C=62)c1ccc2ccccc2c1. The average Bonchev–Trinajstić information content (AvgIpc) is 2.94. The van der Waals surface area contributed by atoms with Gasteiger partial charge in [0, 0.05) is 17.1 Å². The Balaban J connectivity index is 1.39. The number of allylic oxidation sites excluding steroid dienone is 5. The zero-order valence-corrected chi connectivity index (χ0v) is 19.5. The van der Waals surface area contributed by atoms with Crippen LogP contribution < -0.4 is 10.4 Å². The van der Waals surface area contributed by atoms with E-state index in [1.807, 2.05) is 24.3 Å². The molecule has 0 fully saturated rings. The standard InChI is InChI=1S/C35H20O/c36-35(26-14-5-19-3-1-2-4-24(19)17-26)28-18-25-13-12-22-9-7-20-6-8-21-10-11-23-15-16-27(28)34-32(23)30(21)29(20)31(22)33(25)34/h1-10,12-18,34H,11H2. The van der Waals surface area contributed by atoms with E-state index in [2.05, 4.69) is 78.9 Å². The summed E-state index contributed by atoms with van der Waals surface area (Å²) in [5.41, 5.74) is 8.09. The zero-order chi connectivity index (χ0) is 23.5. The molecule has 0 N–H and O–H groups in total. The smallest absolute Gasteiger partial charge is 0.193 e. The number of hydrogen-bond donors (Lipinski definition) is 0. The van der Waals surface area contributed by atoms with Crippen molar-refractivity contribution in [2.24, 2.45) is 0 Å². The van der Waals surface area contributed by atoms with Crippen LogP contribution in [0.25, 0.3) is 50.0 Å². The maximum Gasteiger partial charge on any atom is 0.193 e. The molecular formula is C35H20O. The van der Waals surface area contributed by atoms with Gasteiger partial charge in [-0.3, -0.25) is 4.79 Å². The van der Waals surface area contributed by atoms with Crippen molar-refractivity contribution >= 4 is 55.8 Å². The highest BCUT2D eigenvalue weighted by Gasteiger charge is 2.39. The molecule has 1 heteroatoms. The second kappa shape index (κ2) is 6.38. The molecule has 0 amide bonds. The van der Waals surface area contributed by atoms with E-state index < -0.39 is 0 Å². The second-order valence-electron chi connectivity index (χ2n) is 10.4. The third-order valence-electron chi connectivity index (χ3n) is 8.65. The van der Waals surface area contributed by atoms with E-state index in [0.717, 1.165) is 33.9 Å². The molecule has 5 aromatic carbocycles. The molecule has 0 spiro atoms. The molecule has 4 aliphatic carbocycles. The van der Waals surface area contributed by atoms with Crippen LogP contribution in [0.2, 0.25) is 0 Å². The monoisotopic (exact) mass is 456 g/mol. The topological polar surface area (TPSA) is 17.1 Å². The summed E-state index contributed by atoms with van der Waals surface area (Å²) >= 11 is 0. The number of carbonyl (C=O) groups excluding carboxylic acids is 1. The number of ketones is 1. The summed E-state index contributed by atoms with van der Waals surface area (Å²) in [6.45, 7) is 0. The predicted octanol–water partition coefficient (Wildman–Crippen LogP) is 6.72. The Morgan fingerprint density at radius 3 is 2.44 bits per heavy atom. The van der Waals surface area contributed by atoms with E-state index in [9.17, 15) is 4.79 Å². The van der Waals surface area contributed by atoms with Crippen molar-refractivity contribution in [2.75, 3.05) is 0 Å². The van der Waals surface area contributed by atoms with Crippen molar-refractivity contribution in [3.05, 3.63) is 135 Å². The number of rotatable bonds is 2. The lowest BCUT2D eigenvalue weighted by atomic mass is 9.64. The molecule has 1 unspecified atom stereocenters. The highest BCUT2D eigenvalue weighted by atomic mass is 16.1. The summed E-state index contributed by atoms with van der Waals surface area (Å²) in [5.74, 6) is 0.218. The van der Waals surface area contributed by atoms with Gasteiger partial charge in [-0.2, -0.15) is 0 Å². The minimum absolute atomic E-state index is 0.106. The van der Waals surface area contributed by atoms with E-state index in [4.69, 9.17) is 0 Å². The Kier molecular flexibility index (Phi) is 3.33. The molecule has 36 heavy (non-hydrogen) atoms. The Labute approximate surface area is 207 Å². The van der Waals surface area contributed by atoms with E-state index in [1.165, 1.54) is 54.3 Å². The minimum atomic E-state index is 0.106. The summed E-state index contributed by atoms with van der Waals surface area (Å²) in [6, 6.07) is 27.8. The third kappa shape index (κ3) is 2.20. The number of Topliss-reactive ketones (excluding diaryl/α,β-unsaturated/α-hetero) is 1. The first-order chi connectivity index (χ1) is 17.8. The van der Waals surface area contributed by atoms with E-state index in [-0.39, 0.29) is 11.7 Å². The zero-order valence-electron chi connectivity index (χ0n) is 19.5. The van der Waals surface area contributed by atoms with Crippen LogP contribution in [-0.4, -0.2) is 5.78 Å². The second-order valence-corrected chi connectivity index (χ2v) is 10.4. The summed E-state index contributed by atoms with van der Waals surface area (Å²) in [5, 5.41) is 10.3. The summed E-state index contributed by atoms with van der Waals surface area (Å²) in [6.07, 6.45) is 9.95. The van der Waals surface area contributed by atoms with Gasteiger partial charge in [-0.15, -0.1) is 0 Å². The van der Waals surface area contributed by atoms with Gasteiger partial charge in [0.05, 0.1) is 0 Å². The van der Waals surface area contributed by atoms with Crippen LogP contribution >= 0.6 is 0 Å². The fraction of sp³-hybridized carbons (Fsp3) is 0.0571. The lowest BCUT2D eigenvalue weighted by Crippen LogP contribution is -2.37. The maximum atomic E-state index is 14.1. The molecule has 0 radical (unpaired) electrons. The normalized spacial score (nSPS) is 18.4. The van der Waals surface area contributed by atoms with E-state index in [1.54, 1.807) is 0 Å². The molecule has 1 atom stereocenters. The first-order valence-corrected chi connectivity index (χ1v) is 12.7. The number of benzene rings is 5. The Morgan fingerprint density at radius 2 is 1.53 bits per heavy atom. The van der Waals surface area contributed by atoms with Crippen LogP contribution in [-0.2, 0) is 0 Å². The molecule has 166 valence electrons. The molecule has 4 aliphatic rings. The van der Waals surface area contributed by atoms with Gasteiger partial charge in [0.1, 0.15) is 0 Å². The van der Waals surface area contributed by atoms with Crippen molar-refractivity contribution in [3.63, 3.8) is 0 Å². The fourth-order valence-electron chi connectivity index (χ4n) is 7.08. The molecule has 9 rings (SSSR count). The van der Waals surface area contributed by atoms with Crippen molar-refractivity contribution in [1.82, 2.24) is 0 Å². The molecule has 0 bridgehead atoms. The summed E-state index contributed by atoms with van der Waals surface area (Å²) < 4.78 is 0. The largest absolute Gasteiger partial charge is 0.289 e. The number of carbonyl (C=O) groups is 1. The molecule has 0 saturated heterocycles. The fourth-order valence-corrected chi connectivity index (χ4v) is 7.08. The van der Waals surface area contributed by atoms with Gasteiger partial charge in [-0.1, -0.05) is 91.0 Å². The van der Waals surface area contributed by atoms with Gasteiger partial charge in [0.25, 0.3) is 0 Å². The lowest BCUT2D eigenvalue weighted by Gasteiger charge is -2.38. The van der Waals surface area contributed by atoms with Crippen molar-refractivity contribution < 1.29 is 4.79 Å².